The Kier molecular flexibility index (Phi) is 8.16. The summed E-state index contributed by atoms with van der Waals surface area (Å²) < 4.78 is 0. The average molecular weight is 244 g/mol. The number of hydrogen-bond donors (Lipinski definition) is 1. The second-order valence-electron chi connectivity index (χ2n) is 4.55. The summed E-state index contributed by atoms with van der Waals surface area (Å²) in [6, 6.07) is 0. The lowest BCUT2D eigenvalue weighted by Crippen LogP contribution is -2.36. The lowest BCUT2D eigenvalue weighted by atomic mass is 10.1. The van der Waals surface area contributed by atoms with E-state index in [2.05, 4.69) is 20.8 Å². The van der Waals surface area contributed by atoms with Crippen LogP contribution < -0.4 is 5.73 Å². The minimum atomic E-state index is 0.229. The van der Waals surface area contributed by atoms with E-state index >= 15 is 0 Å². The molecule has 0 aliphatic rings. The highest BCUT2D eigenvalue weighted by Gasteiger charge is 2.14. The van der Waals surface area contributed by atoms with E-state index in [1.54, 1.807) is 0 Å². The first-order valence-electron chi connectivity index (χ1n) is 6.03. The number of amides is 1. The van der Waals surface area contributed by atoms with Crippen LogP contribution in [0.5, 0.6) is 0 Å². The second kappa shape index (κ2) is 8.50. The number of carbonyl (C=O) groups is 1. The van der Waals surface area contributed by atoms with Gasteiger partial charge in [0.1, 0.15) is 0 Å². The summed E-state index contributed by atoms with van der Waals surface area (Å²) in [5.41, 5.74) is 5.47. The van der Waals surface area contributed by atoms with Crippen molar-refractivity contribution in [1.82, 2.24) is 4.90 Å². The maximum atomic E-state index is 11.9. The number of hydrogen-bond acceptors (Lipinski definition) is 2. The fraction of sp³-hybridized carbons (Fsp3) is 0.833. The Labute approximate surface area is 104 Å². The van der Waals surface area contributed by atoms with Gasteiger partial charge in [-0.3, -0.25) is 4.79 Å². The van der Waals surface area contributed by atoms with Gasteiger partial charge >= 0.3 is 0 Å². The van der Waals surface area contributed by atoms with Crippen LogP contribution in [0.25, 0.3) is 0 Å². The summed E-state index contributed by atoms with van der Waals surface area (Å²) in [6.45, 7) is 7.78. The molecule has 0 radical (unpaired) electrons. The molecule has 0 heterocycles. The van der Waals surface area contributed by atoms with Crippen molar-refractivity contribution >= 4 is 23.1 Å². The molecule has 0 aromatic carbocycles. The molecule has 0 saturated heterocycles. The molecule has 0 saturated carbocycles. The zero-order valence-electron chi connectivity index (χ0n) is 10.7. The zero-order valence-corrected chi connectivity index (χ0v) is 11.5. The highest BCUT2D eigenvalue weighted by molar-refractivity contribution is 7.80. The number of nitrogens with zero attached hydrogens (tertiary/aromatic N) is 1. The maximum absolute atomic E-state index is 11.9. The predicted octanol–water partition coefficient (Wildman–Crippen LogP) is 2.34. The SMILES string of the molecule is CCCCC(=O)N(CCC(N)=S)CC(C)C. The van der Waals surface area contributed by atoms with Crippen LogP contribution in [0, 0.1) is 5.92 Å². The summed E-state index contributed by atoms with van der Waals surface area (Å²) in [5, 5.41) is 0. The van der Waals surface area contributed by atoms with Gasteiger partial charge in [-0.2, -0.15) is 0 Å². The molecular formula is C12H24N2OS. The Morgan fingerprint density at radius 2 is 2.00 bits per heavy atom. The van der Waals surface area contributed by atoms with Crippen molar-refractivity contribution in [3.63, 3.8) is 0 Å². The van der Waals surface area contributed by atoms with E-state index in [0.717, 1.165) is 19.4 Å². The highest BCUT2D eigenvalue weighted by atomic mass is 32.1. The van der Waals surface area contributed by atoms with Crippen LogP contribution in [0.1, 0.15) is 46.5 Å². The summed E-state index contributed by atoms with van der Waals surface area (Å²) in [6.07, 6.45) is 3.28. The van der Waals surface area contributed by atoms with Crippen molar-refractivity contribution in [3.05, 3.63) is 0 Å². The van der Waals surface area contributed by atoms with Crippen LogP contribution in [0.2, 0.25) is 0 Å². The van der Waals surface area contributed by atoms with Gasteiger partial charge in [0, 0.05) is 25.9 Å². The lowest BCUT2D eigenvalue weighted by molar-refractivity contribution is -0.131. The van der Waals surface area contributed by atoms with Crippen LogP contribution in [-0.2, 0) is 4.79 Å². The molecule has 94 valence electrons. The molecular weight excluding hydrogens is 220 g/mol. The van der Waals surface area contributed by atoms with Crippen molar-refractivity contribution < 1.29 is 4.79 Å². The van der Waals surface area contributed by atoms with Crippen molar-refractivity contribution in [2.75, 3.05) is 13.1 Å². The minimum absolute atomic E-state index is 0.229. The number of nitrogens with two attached hydrogens (primary N) is 1. The summed E-state index contributed by atoms with van der Waals surface area (Å²) in [7, 11) is 0. The Morgan fingerprint density at radius 1 is 1.38 bits per heavy atom. The van der Waals surface area contributed by atoms with Crippen molar-refractivity contribution in [1.29, 1.82) is 0 Å². The Hall–Kier alpha value is -0.640. The highest BCUT2D eigenvalue weighted by Crippen LogP contribution is 2.05. The van der Waals surface area contributed by atoms with Gasteiger partial charge in [0.05, 0.1) is 4.99 Å². The van der Waals surface area contributed by atoms with Gasteiger partial charge in [-0.15, -0.1) is 0 Å². The van der Waals surface area contributed by atoms with Gasteiger partial charge in [-0.05, 0) is 12.3 Å². The van der Waals surface area contributed by atoms with Crippen molar-refractivity contribution in [3.8, 4) is 0 Å². The standard InChI is InChI=1S/C12H24N2OS/c1-4-5-6-12(15)14(9-10(2)3)8-7-11(13)16/h10H,4-9H2,1-3H3,(H2,13,16). The molecule has 0 aliphatic carbocycles. The zero-order chi connectivity index (χ0) is 12.6. The average Bonchev–Trinajstić information content (AvgIpc) is 2.19. The first-order valence-corrected chi connectivity index (χ1v) is 6.44. The third kappa shape index (κ3) is 7.63. The Bertz CT molecular complexity index is 229. The quantitative estimate of drug-likeness (QED) is 0.667. The summed E-state index contributed by atoms with van der Waals surface area (Å²) in [5.74, 6) is 0.712. The topological polar surface area (TPSA) is 46.3 Å². The Balaban J connectivity index is 4.17. The smallest absolute Gasteiger partial charge is 0.222 e. The molecule has 0 spiro atoms. The normalized spacial score (nSPS) is 10.5. The molecule has 0 aromatic rings. The van der Waals surface area contributed by atoms with E-state index < -0.39 is 0 Å². The fourth-order valence-corrected chi connectivity index (χ4v) is 1.58. The van der Waals surface area contributed by atoms with Gasteiger partial charge in [-0.25, -0.2) is 0 Å². The molecule has 3 nitrogen and oxygen atoms in total. The number of thiocarbonyl (C=S) groups is 1. The van der Waals surface area contributed by atoms with Gasteiger partial charge in [0.2, 0.25) is 5.91 Å². The second-order valence-corrected chi connectivity index (χ2v) is 5.08. The predicted molar refractivity (Wildman–Crippen MR) is 72.3 cm³/mol. The first-order chi connectivity index (χ1) is 7.47. The molecule has 2 N–H and O–H groups in total. The number of carbonyl (C=O) groups excluding carboxylic acids is 1. The monoisotopic (exact) mass is 244 g/mol. The molecule has 0 aliphatic heterocycles. The Morgan fingerprint density at radius 3 is 2.44 bits per heavy atom. The molecule has 0 bridgehead atoms. The van der Waals surface area contributed by atoms with Crippen molar-refractivity contribution in [2.24, 2.45) is 11.7 Å². The maximum Gasteiger partial charge on any atom is 0.222 e. The van der Waals surface area contributed by atoms with Crippen molar-refractivity contribution in [2.45, 2.75) is 46.5 Å². The molecule has 16 heavy (non-hydrogen) atoms. The first kappa shape index (κ1) is 15.4. The van der Waals surface area contributed by atoms with E-state index in [9.17, 15) is 4.79 Å². The van der Waals surface area contributed by atoms with E-state index in [0.29, 0.717) is 30.3 Å². The van der Waals surface area contributed by atoms with E-state index in [-0.39, 0.29) is 5.91 Å². The third-order valence-corrected chi connectivity index (χ3v) is 2.51. The van der Waals surface area contributed by atoms with Crippen LogP contribution in [0.4, 0.5) is 0 Å². The number of rotatable bonds is 8. The minimum Gasteiger partial charge on any atom is -0.393 e. The molecule has 4 heteroatoms. The van der Waals surface area contributed by atoms with Crippen LogP contribution in [0.3, 0.4) is 0 Å². The van der Waals surface area contributed by atoms with E-state index in [1.165, 1.54) is 0 Å². The van der Waals surface area contributed by atoms with Gasteiger partial charge in [0.25, 0.3) is 0 Å². The molecule has 0 fully saturated rings. The molecule has 1 amide bonds. The lowest BCUT2D eigenvalue weighted by Gasteiger charge is -2.24. The van der Waals surface area contributed by atoms with Crippen LogP contribution in [-0.4, -0.2) is 28.9 Å². The van der Waals surface area contributed by atoms with Crippen LogP contribution >= 0.6 is 12.2 Å². The summed E-state index contributed by atoms with van der Waals surface area (Å²) in [4.78, 5) is 14.3. The molecule has 0 unspecified atom stereocenters. The molecule has 0 atom stereocenters. The van der Waals surface area contributed by atoms with E-state index in [1.807, 2.05) is 4.90 Å². The fourth-order valence-electron chi connectivity index (χ4n) is 1.49. The van der Waals surface area contributed by atoms with Crippen LogP contribution in [0.15, 0.2) is 0 Å². The van der Waals surface area contributed by atoms with Gasteiger partial charge in [0.15, 0.2) is 0 Å². The van der Waals surface area contributed by atoms with Gasteiger partial charge < -0.3 is 10.6 Å². The van der Waals surface area contributed by atoms with Gasteiger partial charge in [-0.1, -0.05) is 39.4 Å². The third-order valence-electron chi connectivity index (χ3n) is 2.31. The number of unbranched alkanes of at least 4 members (excludes halogenated alkanes) is 1. The summed E-state index contributed by atoms with van der Waals surface area (Å²) >= 11 is 4.84. The largest absolute Gasteiger partial charge is 0.393 e. The van der Waals surface area contributed by atoms with E-state index in [4.69, 9.17) is 18.0 Å². The molecule has 0 rings (SSSR count). The molecule has 0 aromatic heterocycles.